The predicted octanol–water partition coefficient (Wildman–Crippen LogP) is 0.0599. The summed E-state index contributed by atoms with van der Waals surface area (Å²) in [6.07, 6.45) is 0. The molecular weight excluding hydrogens is 240 g/mol. The fraction of sp³-hybridized carbons (Fsp3) is 0.364. The highest BCUT2D eigenvalue weighted by molar-refractivity contribution is 5.97. The molecule has 1 aromatic heterocycles. The lowest BCUT2D eigenvalue weighted by Gasteiger charge is -2.22. The Kier molecular flexibility index (Phi) is 3.75. The van der Waals surface area contributed by atoms with E-state index in [4.69, 9.17) is 10.2 Å². The first-order valence-corrected chi connectivity index (χ1v) is 5.08. The van der Waals surface area contributed by atoms with Crippen LogP contribution in [0.25, 0.3) is 0 Å². The molecule has 0 aromatic carbocycles. The summed E-state index contributed by atoms with van der Waals surface area (Å²) in [6.45, 7) is 2.96. The first kappa shape index (κ1) is 13.8. The number of amides is 2. The van der Waals surface area contributed by atoms with Gasteiger partial charge in [0.25, 0.3) is 11.8 Å². The molecule has 0 atom stereocenters. The number of hydrogen-bond acceptors (Lipinski definition) is 5. The molecule has 0 aliphatic rings. The largest absolute Gasteiger partial charge is 0.467 e. The average molecular weight is 254 g/mol. The Morgan fingerprint density at radius 1 is 1.28 bits per heavy atom. The van der Waals surface area contributed by atoms with E-state index in [1.54, 1.807) is 0 Å². The lowest BCUT2D eigenvalue weighted by Crippen LogP contribution is -2.50. The molecule has 0 fully saturated rings. The normalized spacial score (nSPS) is 10.8. The molecule has 98 valence electrons. The fourth-order valence-corrected chi connectivity index (χ4v) is 1.24. The summed E-state index contributed by atoms with van der Waals surface area (Å²) in [5.41, 5.74) is 3.78. The number of nitrogens with two attached hydrogens (primary N) is 1. The second-order valence-electron chi connectivity index (χ2n) is 4.10. The molecule has 0 bridgehead atoms. The van der Waals surface area contributed by atoms with Crippen molar-refractivity contribution in [3.05, 3.63) is 23.7 Å². The van der Waals surface area contributed by atoms with Crippen molar-refractivity contribution in [2.45, 2.75) is 19.4 Å². The molecule has 2 amide bonds. The van der Waals surface area contributed by atoms with E-state index >= 15 is 0 Å². The first-order chi connectivity index (χ1) is 8.27. The van der Waals surface area contributed by atoms with Gasteiger partial charge in [-0.1, -0.05) is 0 Å². The minimum atomic E-state index is -1.20. The molecule has 0 spiro atoms. The smallest absolute Gasteiger partial charge is 0.330 e. The van der Waals surface area contributed by atoms with Crippen LogP contribution in [0, 0.1) is 0 Å². The van der Waals surface area contributed by atoms with Crippen LogP contribution in [0.4, 0.5) is 0 Å². The van der Waals surface area contributed by atoms with Crippen LogP contribution in [0.15, 0.2) is 16.5 Å². The molecule has 1 rings (SSSR count). The lowest BCUT2D eigenvalue weighted by atomic mass is 10.1. The van der Waals surface area contributed by atoms with Crippen LogP contribution in [-0.4, -0.2) is 30.4 Å². The lowest BCUT2D eigenvalue weighted by molar-refractivity contribution is -0.146. The molecule has 1 aromatic rings. The Morgan fingerprint density at radius 3 is 2.28 bits per heavy atom. The minimum absolute atomic E-state index is 0.110. The van der Waals surface area contributed by atoms with E-state index in [0.717, 1.165) is 0 Å². The van der Waals surface area contributed by atoms with Gasteiger partial charge >= 0.3 is 5.97 Å². The Hall–Kier alpha value is -2.31. The van der Waals surface area contributed by atoms with Crippen molar-refractivity contribution >= 4 is 17.8 Å². The molecule has 1 heterocycles. The number of carbonyl (C=O) groups excluding carboxylic acids is 3. The van der Waals surface area contributed by atoms with Gasteiger partial charge in [-0.25, -0.2) is 4.79 Å². The van der Waals surface area contributed by atoms with E-state index in [1.165, 1.54) is 33.1 Å². The third-order valence-corrected chi connectivity index (χ3v) is 2.19. The number of carbonyl (C=O) groups is 3. The van der Waals surface area contributed by atoms with Gasteiger partial charge in [-0.2, -0.15) is 0 Å². The second-order valence-corrected chi connectivity index (χ2v) is 4.10. The Labute approximate surface area is 103 Å². The maximum Gasteiger partial charge on any atom is 0.330 e. The SMILES string of the molecule is COC(=O)C(C)(C)NC(=O)c1ccc(C(N)=O)o1. The van der Waals surface area contributed by atoms with E-state index in [1.807, 2.05) is 0 Å². The van der Waals surface area contributed by atoms with Gasteiger partial charge in [0.15, 0.2) is 11.5 Å². The van der Waals surface area contributed by atoms with Crippen LogP contribution in [0.1, 0.15) is 35.0 Å². The maximum atomic E-state index is 11.8. The molecule has 7 nitrogen and oxygen atoms in total. The number of furan rings is 1. The van der Waals surface area contributed by atoms with E-state index in [9.17, 15) is 14.4 Å². The van der Waals surface area contributed by atoms with E-state index in [-0.39, 0.29) is 11.5 Å². The Bertz CT molecular complexity index is 489. The molecule has 0 radical (unpaired) electrons. The van der Waals surface area contributed by atoms with Gasteiger partial charge in [0, 0.05) is 0 Å². The molecule has 0 aliphatic carbocycles. The predicted molar refractivity (Wildman–Crippen MR) is 60.8 cm³/mol. The quantitative estimate of drug-likeness (QED) is 0.738. The molecule has 0 saturated heterocycles. The average Bonchev–Trinajstić information content (AvgIpc) is 2.76. The van der Waals surface area contributed by atoms with Crippen molar-refractivity contribution in [1.82, 2.24) is 5.32 Å². The molecule has 0 saturated carbocycles. The number of methoxy groups -OCH3 is 1. The molecule has 0 unspecified atom stereocenters. The third kappa shape index (κ3) is 2.88. The summed E-state index contributed by atoms with van der Waals surface area (Å²) >= 11 is 0. The fourth-order valence-electron chi connectivity index (χ4n) is 1.24. The number of primary amides is 1. The highest BCUT2D eigenvalue weighted by atomic mass is 16.5. The molecule has 0 aliphatic heterocycles. The van der Waals surface area contributed by atoms with Crippen molar-refractivity contribution in [2.24, 2.45) is 5.73 Å². The molecular formula is C11H14N2O5. The van der Waals surface area contributed by atoms with Crippen LogP contribution in [-0.2, 0) is 9.53 Å². The van der Waals surface area contributed by atoms with E-state index < -0.39 is 23.3 Å². The molecule has 7 heteroatoms. The van der Waals surface area contributed by atoms with Gasteiger partial charge < -0.3 is 20.2 Å². The molecule has 3 N–H and O–H groups in total. The van der Waals surface area contributed by atoms with Gasteiger partial charge in [-0.3, -0.25) is 9.59 Å². The number of nitrogens with one attached hydrogen (secondary N) is 1. The van der Waals surface area contributed by atoms with Crippen molar-refractivity contribution < 1.29 is 23.5 Å². The van der Waals surface area contributed by atoms with Crippen LogP contribution in [0.3, 0.4) is 0 Å². The standard InChI is InChI=1S/C11H14N2O5/c1-11(2,10(16)17-3)13-9(15)7-5-4-6(18-7)8(12)14/h4-5H,1-3H3,(H2,12,14)(H,13,15). The summed E-state index contributed by atoms with van der Waals surface area (Å²) < 4.78 is 9.46. The van der Waals surface area contributed by atoms with Crippen LogP contribution >= 0.6 is 0 Å². The Balaban J connectivity index is 2.82. The summed E-state index contributed by atoms with van der Waals surface area (Å²) in [4.78, 5) is 33.9. The summed E-state index contributed by atoms with van der Waals surface area (Å²) in [5, 5.41) is 2.42. The first-order valence-electron chi connectivity index (χ1n) is 5.08. The summed E-state index contributed by atoms with van der Waals surface area (Å²) in [6, 6.07) is 2.57. The van der Waals surface area contributed by atoms with E-state index in [0.29, 0.717) is 0 Å². The number of rotatable bonds is 4. The topological polar surface area (TPSA) is 112 Å². The third-order valence-electron chi connectivity index (χ3n) is 2.19. The van der Waals surface area contributed by atoms with Gasteiger partial charge in [0.1, 0.15) is 5.54 Å². The minimum Gasteiger partial charge on any atom is -0.467 e. The van der Waals surface area contributed by atoms with Crippen molar-refractivity contribution in [2.75, 3.05) is 7.11 Å². The van der Waals surface area contributed by atoms with Gasteiger partial charge in [-0.15, -0.1) is 0 Å². The number of esters is 1. The Morgan fingerprint density at radius 2 is 1.83 bits per heavy atom. The van der Waals surface area contributed by atoms with Crippen molar-refractivity contribution in [1.29, 1.82) is 0 Å². The number of hydrogen-bond donors (Lipinski definition) is 2. The van der Waals surface area contributed by atoms with Gasteiger partial charge in [0.05, 0.1) is 7.11 Å². The highest BCUT2D eigenvalue weighted by Gasteiger charge is 2.31. The van der Waals surface area contributed by atoms with Crippen LogP contribution in [0.5, 0.6) is 0 Å². The van der Waals surface area contributed by atoms with Crippen molar-refractivity contribution in [3.8, 4) is 0 Å². The monoisotopic (exact) mass is 254 g/mol. The summed E-state index contributed by atoms with van der Waals surface area (Å²) in [7, 11) is 1.22. The zero-order valence-corrected chi connectivity index (χ0v) is 10.3. The molecule has 18 heavy (non-hydrogen) atoms. The van der Waals surface area contributed by atoms with Crippen LogP contribution in [0.2, 0.25) is 0 Å². The second kappa shape index (κ2) is 4.91. The number of ether oxygens (including phenoxy) is 1. The van der Waals surface area contributed by atoms with Gasteiger partial charge in [-0.05, 0) is 26.0 Å². The zero-order valence-electron chi connectivity index (χ0n) is 10.3. The van der Waals surface area contributed by atoms with Crippen molar-refractivity contribution in [3.63, 3.8) is 0 Å². The highest BCUT2D eigenvalue weighted by Crippen LogP contribution is 2.10. The van der Waals surface area contributed by atoms with Crippen LogP contribution < -0.4 is 11.1 Å². The van der Waals surface area contributed by atoms with Gasteiger partial charge in [0.2, 0.25) is 0 Å². The maximum absolute atomic E-state index is 11.8. The zero-order chi connectivity index (χ0) is 13.9. The van der Waals surface area contributed by atoms with E-state index in [2.05, 4.69) is 10.1 Å². The summed E-state index contributed by atoms with van der Waals surface area (Å²) in [5.74, 6) is -2.26.